The normalized spacial score (nSPS) is 25.4. The Bertz CT molecular complexity index is 302. The standard InChI is InChI=1S/C9H15BF3N2O2.K/c11-10(12,13)6-15-3-4-17-5-8(15)9(16)14-7-1-2-7;/h7-8H,1-6H2,(H,14,16);/q-1;+1. The number of hydrogen-bond acceptors (Lipinski definition) is 3. The maximum absolute atomic E-state index is 12.4. The van der Waals surface area contributed by atoms with Crippen molar-refractivity contribution in [1.29, 1.82) is 0 Å². The van der Waals surface area contributed by atoms with Gasteiger partial charge >= 0.3 is 58.4 Å². The fourth-order valence-corrected chi connectivity index (χ4v) is 1.89. The van der Waals surface area contributed by atoms with Crippen molar-refractivity contribution in [2.24, 2.45) is 0 Å². The maximum atomic E-state index is 12.4. The van der Waals surface area contributed by atoms with Crippen LogP contribution in [0.1, 0.15) is 12.8 Å². The molecule has 0 aromatic rings. The molecule has 1 saturated heterocycles. The number of ether oxygens (including phenoxy) is 1. The molecular formula is C9H15BF3KN2O2. The SMILES string of the molecule is O=C(NC1CC1)C1COCCN1C[B-](F)(F)F.[K+]. The van der Waals surface area contributed by atoms with Crippen LogP contribution in [-0.2, 0) is 9.53 Å². The van der Waals surface area contributed by atoms with E-state index in [1.54, 1.807) is 0 Å². The van der Waals surface area contributed by atoms with E-state index in [2.05, 4.69) is 5.32 Å². The zero-order chi connectivity index (χ0) is 12.5. The molecule has 1 atom stereocenters. The molecule has 18 heavy (non-hydrogen) atoms. The summed E-state index contributed by atoms with van der Waals surface area (Å²) in [5.74, 6) is -0.341. The minimum Gasteiger partial charge on any atom is -0.448 e. The van der Waals surface area contributed by atoms with Gasteiger partial charge in [-0.25, -0.2) is 0 Å². The van der Waals surface area contributed by atoms with Crippen molar-refractivity contribution in [3.05, 3.63) is 0 Å². The summed E-state index contributed by atoms with van der Waals surface area (Å²) in [6, 6.07) is -0.643. The van der Waals surface area contributed by atoms with E-state index in [1.165, 1.54) is 4.90 Å². The van der Waals surface area contributed by atoms with Crippen LogP contribution in [0.4, 0.5) is 12.9 Å². The van der Waals surface area contributed by atoms with E-state index >= 15 is 0 Å². The van der Waals surface area contributed by atoms with Gasteiger partial charge in [0.1, 0.15) is 6.04 Å². The number of rotatable bonds is 4. The molecule has 98 valence electrons. The Hall–Kier alpha value is 0.881. The minimum atomic E-state index is -4.91. The van der Waals surface area contributed by atoms with Gasteiger partial charge in [0.25, 0.3) is 0 Å². The topological polar surface area (TPSA) is 41.6 Å². The minimum absolute atomic E-state index is 0. The van der Waals surface area contributed by atoms with Crippen molar-refractivity contribution in [3.8, 4) is 0 Å². The fraction of sp³-hybridized carbons (Fsp3) is 0.889. The summed E-state index contributed by atoms with van der Waals surface area (Å²) in [6.45, 7) is -4.45. The number of hydrogen-bond donors (Lipinski definition) is 1. The van der Waals surface area contributed by atoms with E-state index in [1.807, 2.05) is 0 Å². The summed E-state index contributed by atoms with van der Waals surface area (Å²) in [7, 11) is 0. The van der Waals surface area contributed by atoms with Gasteiger partial charge in [0.2, 0.25) is 5.91 Å². The average Bonchev–Trinajstić information content (AvgIpc) is 3.00. The number of halogens is 3. The molecular weight excluding hydrogens is 275 g/mol. The van der Waals surface area contributed by atoms with Gasteiger partial charge < -0.3 is 27.9 Å². The number of nitrogens with one attached hydrogen (secondary N) is 1. The molecule has 1 heterocycles. The van der Waals surface area contributed by atoms with Gasteiger partial charge in [-0.1, -0.05) is 0 Å². The molecule has 0 spiro atoms. The van der Waals surface area contributed by atoms with Crippen molar-refractivity contribution in [2.45, 2.75) is 24.9 Å². The van der Waals surface area contributed by atoms with Crippen LogP contribution >= 0.6 is 0 Å². The number of carbonyl (C=O) groups is 1. The number of amides is 1. The Labute approximate surface area is 146 Å². The zero-order valence-electron chi connectivity index (χ0n) is 10.4. The first-order chi connectivity index (χ1) is 7.96. The van der Waals surface area contributed by atoms with Crippen molar-refractivity contribution < 1.29 is 73.9 Å². The Morgan fingerprint density at radius 1 is 1.39 bits per heavy atom. The largest absolute Gasteiger partial charge is 1.00 e. The Kier molecular flexibility index (Phi) is 6.63. The summed E-state index contributed by atoms with van der Waals surface area (Å²) in [5, 5.41) is 2.72. The van der Waals surface area contributed by atoms with Crippen molar-refractivity contribution in [2.75, 3.05) is 26.2 Å². The van der Waals surface area contributed by atoms with Crippen molar-refractivity contribution in [1.82, 2.24) is 10.2 Å². The summed E-state index contributed by atoms with van der Waals surface area (Å²) < 4.78 is 42.3. The third-order valence-corrected chi connectivity index (χ3v) is 2.91. The molecule has 1 N–H and O–H groups in total. The molecule has 1 unspecified atom stereocenters. The van der Waals surface area contributed by atoms with E-state index in [-0.39, 0.29) is 83.1 Å². The van der Waals surface area contributed by atoms with E-state index < -0.39 is 19.5 Å². The van der Waals surface area contributed by atoms with E-state index in [0.717, 1.165) is 12.8 Å². The summed E-state index contributed by atoms with van der Waals surface area (Å²) >= 11 is 0. The second kappa shape index (κ2) is 7.05. The zero-order valence-corrected chi connectivity index (χ0v) is 13.5. The monoisotopic (exact) mass is 290 g/mol. The first kappa shape index (κ1) is 16.9. The van der Waals surface area contributed by atoms with Gasteiger partial charge in [0.05, 0.1) is 13.2 Å². The molecule has 1 aliphatic heterocycles. The Morgan fingerprint density at radius 2 is 2.06 bits per heavy atom. The van der Waals surface area contributed by atoms with Gasteiger partial charge in [-0.05, 0) is 19.3 Å². The van der Waals surface area contributed by atoms with Crippen LogP contribution in [-0.4, -0.2) is 56.1 Å². The van der Waals surface area contributed by atoms with Gasteiger partial charge in [-0.3, -0.25) is 4.79 Å². The molecule has 0 radical (unpaired) electrons. The Balaban J connectivity index is 0.00000162. The third-order valence-electron chi connectivity index (χ3n) is 2.91. The van der Waals surface area contributed by atoms with E-state index in [4.69, 9.17) is 4.74 Å². The number of morpholine rings is 1. The van der Waals surface area contributed by atoms with Gasteiger partial charge in [-0.2, -0.15) is 0 Å². The molecule has 1 amide bonds. The third kappa shape index (κ3) is 5.48. The molecule has 0 aromatic heterocycles. The average molecular weight is 290 g/mol. The number of nitrogens with zero attached hydrogens (tertiary/aromatic N) is 1. The molecule has 0 bridgehead atoms. The second-order valence-electron chi connectivity index (χ2n) is 4.58. The first-order valence-electron chi connectivity index (χ1n) is 5.79. The molecule has 9 heteroatoms. The van der Waals surface area contributed by atoms with Crippen LogP contribution < -0.4 is 56.7 Å². The molecule has 1 saturated carbocycles. The molecule has 2 aliphatic rings. The quantitative estimate of drug-likeness (QED) is 0.575. The molecule has 0 aromatic carbocycles. The van der Waals surface area contributed by atoms with Crippen LogP contribution in [0.5, 0.6) is 0 Å². The Morgan fingerprint density at radius 3 is 2.61 bits per heavy atom. The summed E-state index contributed by atoms with van der Waals surface area (Å²) in [4.78, 5) is 12.9. The van der Waals surface area contributed by atoms with E-state index in [9.17, 15) is 17.7 Å². The maximum Gasteiger partial charge on any atom is 1.00 e. The molecule has 2 fully saturated rings. The smallest absolute Gasteiger partial charge is 0.448 e. The van der Waals surface area contributed by atoms with Crippen molar-refractivity contribution in [3.63, 3.8) is 0 Å². The fourth-order valence-electron chi connectivity index (χ4n) is 1.89. The van der Waals surface area contributed by atoms with Crippen LogP contribution in [0.3, 0.4) is 0 Å². The number of carbonyl (C=O) groups excluding carboxylic acids is 1. The predicted molar refractivity (Wildman–Crippen MR) is 56.4 cm³/mol. The molecule has 4 nitrogen and oxygen atoms in total. The van der Waals surface area contributed by atoms with Crippen LogP contribution in [0.15, 0.2) is 0 Å². The van der Waals surface area contributed by atoms with Crippen LogP contribution in [0.2, 0.25) is 0 Å². The summed E-state index contributed by atoms with van der Waals surface area (Å²) in [6.07, 6.45) is 0.844. The second-order valence-corrected chi connectivity index (χ2v) is 4.58. The van der Waals surface area contributed by atoms with Gasteiger partial charge in [0, 0.05) is 12.6 Å². The van der Waals surface area contributed by atoms with Gasteiger partial charge in [0.15, 0.2) is 0 Å². The van der Waals surface area contributed by atoms with Crippen LogP contribution in [0, 0.1) is 0 Å². The molecule has 1 aliphatic carbocycles. The van der Waals surface area contributed by atoms with Crippen molar-refractivity contribution >= 4 is 12.9 Å². The molecule has 2 rings (SSSR count). The first-order valence-corrected chi connectivity index (χ1v) is 5.79. The summed E-state index contributed by atoms with van der Waals surface area (Å²) in [5.41, 5.74) is 0. The predicted octanol–water partition coefficient (Wildman–Crippen LogP) is -2.64. The van der Waals surface area contributed by atoms with Crippen LogP contribution in [0.25, 0.3) is 0 Å². The van der Waals surface area contributed by atoms with E-state index in [0.29, 0.717) is 0 Å². The van der Waals surface area contributed by atoms with Gasteiger partial charge in [-0.15, -0.1) is 0 Å².